The fraction of sp³-hybridized carbons (Fsp3) is 0.526. The van der Waals surface area contributed by atoms with Crippen molar-refractivity contribution in [3.63, 3.8) is 0 Å². The van der Waals surface area contributed by atoms with Gasteiger partial charge in [0.05, 0.1) is 11.1 Å². The maximum atomic E-state index is 12.8. The van der Waals surface area contributed by atoms with Crippen molar-refractivity contribution in [2.45, 2.75) is 38.3 Å². The Morgan fingerprint density at radius 2 is 2.08 bits per heavy atom. The van der Waals surface area contributed by atoms with Crippen LogP contribution in [-0.2, 0) is 11.3 Å². The molecule has 1 atom stereocenters. The number of carbonyl (C=O) groups is 1. The van der Waals surface area contributed by atoms with Gasteiger partial charge < -0.3 is 20.1 Å². The first-order valence-corrected chi connectivity index (χ1v) is 8.84. The summed E-state index contributed by atoms with van der Waals surface area (Å²) in [5, 5.41) is 7.72. The predicted molar refractivity (Wildman–Crippen MR) is 114 cm³/mol. The number of halogens is 2. The van der Waals surface area contributed by atoms with Crippen LogP contribution in [0.4, 0.5) is 5.69 Å². The van der Waals surface area contributed by atoms with Gasteiger partial charge in [0.1, 0.15) is 0 Å². The third-order valence-corrected chi connectivity index (χ3v) is 5.10. The van der Waals surface area contributed by atoms with Gasteiger partial charge in [-0.05, 0) is 63.5 Å². The fourth-order valence-corrected chi connectivity index (χ4v) is 3.48. The van der Waals surface area contributed by atoms with Gasteiger partial charge in [-0.3, -0.25) is 4.79 Å². The normalized spacial score (nSPS) is 19.2. The number of amides is 1. The van der Waals surface area contributed by atoms with E-state index in [1.54, 1.807) is 0 Å². The fourth-order valence-electron chi connectivity index (χ4n) is 3.48. The largest absolute Gasteiger partial charge is 0.346 e. The molecule has 5 nitrogen and oxygen atoms in total. The molecule has 26 heavy (non-hydrogen) atoms. The van der Waals surface area contributed by atoms with Crippen LogP contribution in [0.3, 0.4) is 0 Å². The molecule has 2 N–H and O–H groups in total. The number of fused-ring (bicyclic) bond motifs is 1. The highest BCUT2D eigenvalue weighted by Gasteiger charge is 2.39. The number of likely N-dealkylation sites (N-methyl/N-ethyl adjacent to an activating group) is 1. The summed E-state index contributed by atoms with van der Waals surface area (Å²) in [7, 11) is 4.16. The molecule has 146 valence electrons. The molecule has 0 saturated carbocycles. The molecule has 1 amide bonds. The topological polar surface area (TPSA) is 49.3 Å². The monoisotopic (exact) mass is 400 g/mol. The van der Waals surface area contributed by atoms with E-state index in [1.807, 2.05) is 6.07 Å². The van der Waals surface area contributed by atoms with Crippen molar-refractivity contribution in [3.05, 3.63) is 30.5 Å². The van der Waals surface area contributed by atoms with E-state index < -0.39 is 5.54 Å². The second-order valence-electron chi connectivity index (χ2n) is 7.01. The van der Waals surface area contributed by atoms with Crippen molar-refractivity contribution in [1.82, 2.24) is 14.8 Å². The molecule has 1 aromatic carbocycles. The van der Waals surface area contributed by atoms with E-state index in [1.165, 1.54) is 10.9 Å². The van der Waals surface area contributed by atoms with Crippen LogP contribution in [-0.4, -0.2) is 48.1 Å². The zero-order chi connectivity index (χ0) is 17.2. The summed E-state index contributed by atoms with van der Waals surface area (Å²) in [4.78, 5) is 14.9. The van der Waals surface area contributed by atoms with Crippen LogP contribution in [0.25, 0.3) is 10.9 Å². The van der Waals surface area contributed by atoms with Crippen molar-refractivity contribution in [3.8, 4) is 0 Å². The lowest BCUT2D eigenvalue weighted by atomic mass is 9.93. The Hall–Kier alpha value is -1.27. The molecule has 2 heterocycles. The van der Waals surface area contributed by atoms with Crippen molar-refractivity contribution in [2.75, 3.05) is 32.5 Å². The van der Waals surface area contributed by atoms with Crippen LogP contribution >= 0.6 is 24.8 Å². The molecule has 0 bridgehead atoms. The third-order valence-electron chi connectivity index (χ3n) is 5.10. The summed E-state index contributed by atoms with van der Waals surface area (Å²) >= 11 is 0. The van der Waals surface area contributed by atoms with E-state index in [0.29, 0.717) is 0 Å². The standard InChI is InChI=1S/C19H28N4O.2ClH/c1-4-19(9-5-10-20-19)18(24)21-16-7-6-15-8-11-23(17(15)14-16)13-12-22(2)3;;/h6-8,11,14,20H,4-5,9-10,12-13H2,1-3H3,(H,21,24);2*1H. The highest BCUT2D eigenvalue weighted by molar-refractivity contribution is 5.99. The van der Waals surface area contributed by atoms with Gasteiger partial charge in [0.15, 0.2) is 0 Å². The van der Waals surface area contributed by atoms with Gasteiger partial charge in [0, 0.05) is 25.0 Å². The molecule has 1 aliphatic heterocycles. The SMILES string of the molecule is CCC1(C(=O)Nc2ccc3ccn(CCN(C)C)c3c2)CCCN1.Cl.Cl. The zero-order valence-electron chi connectivity index (χ0n) is 15.7. The summed E-state index contributed by atoms with van der Waals surface area (Å²) < 4.78 is 2.24. The first kappa shape index (κ1) is 22.8. The van der Waals surface area contributed by atoms with Gasteiger partial charge in [0.25, 0.3) is 0 Å². The van der Waals surface area contributed by atoms with Gasteiger partial charge in [-0.25, -0.2) is 0 Å². The first-order valence-electron chi connectivity index (χ1n) is 8.84. The summed E-state index contributed by atoms with van der Waals surface area (Å²) in [6.45, 7) is 4.93. The Morgan fingerprint density at radius 3 is 2.69 bits per heavy atom. The molecule has 0 radical (unpaired) electrons. The molecule has 7 heteroatoms. The number of hydrogen-bond donors (Lipinski definition) is 2. The van der Waals surface area contributed by atoms with E-state index in [0.717, 1.165) is 44.6 Å². The number of benzene rings is 1. The zero-order valence-corrected chi connectivity index (χ0v) is 17.4. The van der Waals surface area contributed by atoms with Crippen molar-refractivity contribution >= 4 is 47.3 Å². The smallest absolute Gasteiger partial charge is 0.244 e. The Kier molecular flexibility index (Phi) is 8.41. The van der Waals surface area contributed by atoms with Gasteiger partial charge in [-0.2, -0.15) is 0 Å². The lowest BCUT2D eigenvalue weighted by Gasteiger charge is -2.26. The van der Waals surface area contributed by atoms with Crippen LogP contribution in [0.15, 0.2) is 30.5 Å². The van der Waals surface area contributed by atoms with E-state index in [9.17, 15) is 4.79 Å². The molecule has 0 aliphatic carbocycles. The molecule has 0 spiro atoms. The van der Waals surface area contributed by atoms with Crippen LogP contribution < -0.4 is 10.6 Å². The van der Waals surface area contributed by atoms with Crippen LogP contribution in [0, 0.1) is 0 Å². The lowest BCUT2D eigenvalue weighted by Crippen LogP contribution is -2.50. The number of carbonyl (C=O) groups excluding carboxylic acids is 1. The average Bonchev–Trinajstić information content (AvgIpc) is 3.20. The van der Waals surface area contributed by atoms with Gasteiger partial charge in [-0.15, -0.1) is 24.8 Å². The molecule has 3 rings (SSSR count). The van der Waals surface area contributed by atoms with Gasteiger partial charge >= 0.3 is 0 Å². The Labute approximate surface area is 168 Å². The number of rotatable bonds is 6. The minimum atomic E-state index is -0.401. The van der Waals surface area contributed by atoms with Gasteiger partial charge in [0.2, 0.25) is 5.91 Å². The number of nitrogens with zero attached hydrogens (tertiary/aromatic N) is 2. The van der Waals surface area contributed by atoms with E-state index in [4.69, 9.17) is 0 Å². The Balaban J connectivity index is 0.00000169. The molecule has 1 fully saturated rings. The average molecular weight is 401 g/mol. The van der Waals surface area contributed by atoms with Crippen molar-refractivity contribution in [2.24, 2.45) is 0 Å². The van der Waals surface area contributed by atoms with E-state index >= 15 is 0 Å². The number of hydrogen-bond acceptors (Lipinski definition) is 3. The molecular weight excluding hydrogens is 371 g/mol. The highest BCUT2D eigenvalue weighted by Crippen LogP contribution is 2.26. The van der Waals surface area contributed by atoms with Crippen LogP contribution in [0.5, 0.6) is 0 Å². The Bertz CT molecular complexity index is 723. The molecule has 1 aliphatic rings. The maximum Gasteiger partial charge on any atom is 0.244 e. The first-order chi connectivity index (χ1) is 11.5. The molecule has 2 aromatic rings. The second kappa shape index (κ2) is 9.60. The van der Waals surface area contributed by atoms with Crippen LogP contribution in [0.2, 0.25) is 0 Å². The maximum absolute atomic E-state index is 12.8. The van der Waals surface area contributed by atoms with Gasteiger partial charge in [-0.1, -0.05) is 13.0 Å². The highest BCUT2D eigenvalue weighted by atomic mass is 35.5. The minimum Gasteiger partial charge on any atom is -0.346 e. The quantitative estimate of drug-likeness (QED) is 0.779. The summed E-state index contributed by atoms with van der Waals surface area (Å²) in [5.41, 5.74) is 1.64. The summed E-state index contributed by atoms with van der Waals surface area (Å²) in [6.07, 6.45) is 4.91. The van der Waals surface area contributed by atoms with E-state index in [2.05, 4.69) is 65.5 Å². The van der Waals surface area contributed by atoms with E-state index in [-0.39, 0.29) is 30.7 Å². The summed E-state index contributed by atoms with van der Waals surface area (Å²) in [6, 6.07) is 8.29. The lowest BCUT2D eigenvalue weighted by molar-refractivity contribution is -0.122. The molecule has 1 saturated heterocycles. The van der Waals surface area contributed by atoms with Crippen LogP contribution in [0.1, 0.15) is 26.2 Å². The predicted octanol–water partition coefficient (Wildman–Crippen LogP) is 3.52. The van der Waals surface area contributed by atoms with Crippen molar-refractivity contribution < 1.29 is 4.79 Å². The molecular formula is C19H30Cl2N4O. The summed E-state index contributed by atoms with van der Waals surface area (Å²) in [5.74, 6) is 0.0910. The number of nitrogens with one attached hydrogen (secondary N) is 2. The number of anilines is 1. The molecule has 1 aromatic heterocycles. The second-order valence-corrected chi connectivity index (χ2v) is 7.01. The molecule has 1 unspecified atom stereocenters. The number of aromatic nitrogens is 1. The Morgan fingerprint density at radius 1 is 1.31 bits per heavy atom. The third kappa shape index (κ3) is 4.71. The van der Waals surface area contributed by atoms with Crippen molar-refractivity contribution in [1.29, 1.82) is 0 Å². The minimum absolute atomic E-state index is 0.